The number of aliphatic carboxylic acids is 1. The highest BCUT2D eigenvalue weighted by atomic mass is 16.4. The molecule has 5 nitrogen and oxygen atoms in total. The molecule has 1 unspecified atom stereocenters. The van der Waals surface area contributed by atoms with Gasteiger partial charge in [0.2, 0.25) is 0 Å². The van der Waals surface area contributed by atoms with Crippen molar-refractivity contribution >= 4 is 11.9 Å². The summed E-state index contributed by atoms with van der Waals surface area (Å²) in [6.45, 7) is 2.09. The molecule has 2 heterocycles. The number of aromatic nitrogens is 1. The molecule has 1 aromatic carbocycles. The zero-order valence-electron chi connectivity index (χ0n) is 12.4. The average Bonchev–Trinajstić information content (AvgIpc) is 3.15. The number of amides is 1. The number of H-pyrrole nitrogens is 1. The van der Waals surface area contributed by atoms with E-state index >= 15 is 0 Å². The van der Waals surface area contributed by atoms with Gasteiger partial charge in [-0.05, 0) is 37.5 Å². The van der Waals surface area contributed by atoms with Crippen LogP contribution < -0.4 is 0 Å². The first-order chi connectivity index (χ1) is 10.5. The first-order valence-corrected chi connectivity index (χ1v) is 7.32. The minimum atomic E-state index is -1.12. The molecule has 0 spiro atoms. The summed E-state index contributed by atoms with van der Waals surface area (Å²) < 4.78 is 0. The van der Waals surface area contributed by atoms with Gasteiger partial charge >= 0.3 is 5.97 Å². The first-order valence-electron chi connectivity index (χ1n) is 7.32. The summed E-state index contributed by atoms with van der Waals surface area (Å²) in [7, 11) is 0. The Morgan fingerprint density at radius 2 is 1.91 bits per heavy atom. The fraction of sp³-hybridized carbons (Fsp3) is 0.294. The summed E-state index contributed by atoms with van der Waals surface area (Å²) >= 11 is 0. The van der Waals surface area contributed by atoms with Crippen LogP contribution in [0.1, 0.15) is 30.3 Å². The number of hydrogen-bond acceptors (Lipinski definition) is 2. The van der Waals surface area contributed by atoms with E-state index in [0.29, 0.717) is 25.1 Å². The summed E-state index contributed by atoms with van der Waals surface area (Å²) in [5.41, 5.74) is 1.15. The molecule has 0 radical (unpaired) electrons. The molecule has 1 aliphatic rings. The van der Waals surface area contributed by atoms with Gasteiger partial charge in [-0.1, -0.05) is 30.3 Å². The van der Waals surface area contributed by atoms with Crippen molar-refractivity contribution in [1.29, 1.82) is 0 Å². The van der Waals surface area contributed by atoms with Gasteiger partial charge in [0, 0.05) is 12.2 Å². The molecule has 114 valence electrons. The number of likely N-dealkylation sites (tertiary alicyclic amines) is 1. The van der Waals surface area contributed by atoms with Crippen LogP contribution >= 0.6 is 0 Å². The Morgan fingerprint density at radius 1 is 1.18 bits per heavy atom. The number of carboxylic acids is 1. The van der Waals surface area contributed by atoms with Crippen LogP contribution in [0, 0.1) is 0 Å². The Balaban J connectivity index is 1.88. The van der Waals surface area contributed by atoms with Crippen LogP contribution in [0.2, 0.25) is 0 Å². The smallest absolute Gasteiger partial charge is 0.329 e. The molecule has 0 aliphatic carbocycles. The van der Waals surface area contributed by atoms with Crippen LogP contribution in [0.3, 0.4) is 0 Å². The van der Waals surface area contributed by atoms with Crippen LogP contribution in [0.25, 0.3) is 11.3 Å². The largest absolute Gasteiger partial charge is 0.480 e. The highest BCUT2D eigenvalue weighted by molar-refractivity contribution is 5.97. The van der Waals surface area contributed by atoms with Crippen LogP contribution in [0.5, 0.6) is 0 Å². The summed E-state index contributed by atoms with van der Waals surface area (Å²) in [6, 6.07) is 13.3. The third-order valence-corrected chi connectivity index (χ3v) is 4.35. The van der Waals surface area contributed by atoms with Gasteiger partial charge in [-0.2, -0.15) is 0 Å². The Labute approximate surface area is 128 Å². The average molecular weight is 298 g/mol. The lowest BCUT2D eigenvalue weighted by Crippen LogP contribution is -2.50. The maximum Gasteiger partial charge on any atom is 0.329 e. The molecule has 1 aliphatic heterocycles. The number of carbonyl (C=O) groups excluding carboxylic acids is 1. The number of carbonyl (C=O) groups is 2. The van der Waals surface area contributed by atoms with E-state index in [2.05, 4.69) is 4.98 Å². The molecule has 3 rings (SSSR count). The minimum absolute atomic E-state index is 0.260. The Hall–Kier alpha value is -2.56. The fourth-order valence-electron chi connectivity index (χ4n) is 2.96. The molecule has 0 bridgehead atoms. The maximum atomic E-state index is 12.6. The fourth-order valence-corrected chi connectivity index (χ4v) is 2.96. The van der Waals surface area contributed by atoms with Crippen molar-refractivity contribution < 1.29 is 14.7 Å². The van der Waals surface area contributed by atoms with Gasteiger partial charge in [-0.25, -0.2) is 4.79 Å². The van der Waals surface area contributed by atoms with Crippen LogP contribution in [-0.2, 0) is 4.79 Å². The van der Waals surface area contributed by atoms with E-state index in [1.54, 1.807) is 13.0 Å². The molecule has 0 saturated carbocycles. The standard InChI is InChI=1S/C17H18N2O3/c1-17(16(21)22)10-5-11-19(17)15(20)14-9-8-13(18-14)12-6-3-2-4-7-12/h2-4,6-9,18H,5,10-11H2,1H3,(H,21,22). The molecule has 2 N–H and O–H groups in total. The first kappa shape index (κ1) is 14.4. The Kier molecular flexibility index (Phi) is 3.48. The lowest BCUT2D eigenvalue weighted by molar-refractivity contribution is -0.147. The zero-order valence-corrected chi connectivity index (χ0v) is 12.4. The summed E-state index contributed by atoms with van der Waals surface area (Å²) in [5, 5.41) is 9.42. The van der Waals surface area contributed by atoms with E-state index in [1.165, 1.54) is 4.90 Å². The summed E-state index contributed by atoms with van der Waals surface area (Å²) in [5.74, 6) is -1.21. The van der Waals surface area contributed by atoms with Crippen LogP contribution in [0.15, 0.2) is 42.5 Å². The molecule has 1 amide bonds. The van der Waals surface area contributed by atoms with Gasteiger partial charge in [0.25, 0.3) is 5.91 Å². The Morgan fingerprint density at radius 3 is 2.59 bits per heavy atom. The number of nitrogens with one attached hydrogen (secondary N) is 1. The van der Waals surface area contributed by atoms with Crippen molar-refractivity contribution in [3.8, 4) is 11.3 Å². The highest BCUT2D eigenvalue weighted by Crippen LogP contribution is 2.31. The number of hydrogen-bond donors (Lipinski definition) is 2. The predicted octanol–water partition coefficient (Wildman–Crippen LogP) is 2.76. The molecular formula is C17H18N2O3. The Bertz CT molecular complexity index is 708. The van der Waals surface area contributed by atoms with E-state index in [-0.39, 0.29) is 5.91 Å². The van der Waals surface area contributed by atoms with Crippen molar-refractivity contribution in [2.45, 2.75) is 25.3 Å². The molecule has 22 heavy (non-hydrogen) atoms. The minimum Gasteiger partial charge on any atom is -0.480 e. The van der Waals surface area contributed by atoms with Crippen molar-refractivity contribution in [1.82, 2.24) is 9.88 Å². The molecule has 1 saturated heterocycles. The zero-order chi connectivity index (χ0) is 15.7. The molecule has 2 aromatic rings. The van der Waals surface area contributed by atoms with E-state index in [1.807, 2.05) is 36.4 Å². The van der Waals surface area contributed by atoms with Crippen molar-refractivity contribution in [2.75, 3.05) is 6.54 Å². The van der Waals surface area contributed by atoms with Gasteiger partial charge in [-0.3, -0.25) is 4.79 Å². The quantitative estimate of drug-likeness (QED) is 0.915. The second kappa shape index (κ2) is 5.33. The lowest BCUT2D eigenvalue weighted by atomic mass is 9.99. The normalized spacial score (nSPS) is 21.0. The van der Waals surface area contributed by atoms with Crippen molar-refractivity contribution in [3.63, 3.8) is 0 Å². The van der Waals surface area contributed by atoms with Gasteiger partial charge in [0.1, 0.15) is 11.2 Å². The molecule has 5 heteroatoms. The summed E-state index contributed by atoms with van der Waals surface area (Å²) in [6.07, 6.45) is 1.20. The van der Waals surface area contributed by atoms with E-state index in [0.717, 1.165) is 11.3 Å². The molecule has 1 aromatic heterocycles. The van der Waals surface area contributed by atoms with Gasteiger partial charge in [0.15, 0.2) is 0 Å². The lowest BCUT2D eigenvalue weighted by Gasteiger charge is -2.30. The SMILES string of the molecule is CC1(C(=O)O)CCCN1C(=O)c1ccc(-c2ccccc2)[nH]1. The van der Waals surface area contributed by atoms with Crippen LogP contribution in [0.4, 0.5) is 0 Å². The second-order valence-corrected chi connectivity index (χ2v) is 5.79. The van der Waals surface area contributed by atoms with E-state index < -0.39 is 11.5 Å². The third kappa shape index (κ3) is 2.28. The number of aromatic amines is 1. The van der Waals surface area contributed by atoms with Gasteiger partial charge in [0.05, 0.1) is 0 Å². The van der Waals surface area contributed by atoms with Crippen LogP contribution in [-0.4, -0.2) is 39.0 Å². The number of nitrogens with zero attached hydrogens (tertiary/aromatic N) is 1. The van der Waals surface area contributed by atoms with Gasteiger partial charge in [-0.15, -0.1) is 0 Å². The maximum absolute atomic E-state index is 12.6. The number of carboxylic acid groups (broad SMARTS) is 1. The van der Waals surface area contributed by atoms with E-state index in [4.69, 9.17) is 0 Å². The topological polar surface area (TPSA) is 73.4 Å². The number of benzene rings is 1. The molecule has 1 fully saturated rings. The van der Waals surface area contributed by atoms with E-state index in [9.17, 15) is 14.7 Å². The predicted molar refractivity (Wildman–Crippen MR) is 82.5 cm³/mol. The third-order valence-electron chi connectivity index (χ3n) is 4.35. The van der Waals surface area contributed by atoms with Crippen molar-refractivity contribution in [3.05, 3.63) is 48.2 Å². The second-order valence-electron chi connectivity index (χ2n) is 5.79. The monoisotopic (exact) mass is 298 g/mol. The molecular weight excluding hydrogens is 280 g/mol. The van der Waals surface area contributed by atoms with Gasteiger partial charge < -0.3 is 15.0 Å². The van der Waals surface area contributed by atoms with Crippen molar-refractivity contribution in [2.24, 2.45) is 0 Å². The molecule has 1 atom stereocenters. The number of rotatable bonds is 3. The summed E-state index contributed by atoms with van der Waals surface area (Å²) in [4.78, 5) is 28.7. The highest BCUT2D eigenvalue weighted by Gasteiger charge is 2.46.